The van der Waals surface area contributed by atoms with Crippen molar-refractivity contribution in [1.82, 2.24) is 25.2 Å². The van der Waals surface area contributed by atoms with E-state index in [1.165, 1.54) is 6.42 Å². The van der Waals surface area contributed by atoms with E-state index in [4.69, 9.17) is 16.6 Å². The summed E-state index contributed by atoms with van der Waals surface area (Å²) in [5.74, 6) is -3.81. The second-order valence-corrected chi connectivity index (χ2v) is 10.6. The van der Waals surface area contributed by atoms with Crippen molar-refractivity contribution in [1.29, 1.82) is 0 Å². The van der Waals surface area contributed by atoms with Crippen LogP contribution in [0, 0.1) is 0 Å². The van der Waals surface area contributed by atoms with E-state index in [1.54, 1.807) is 23.1 Å². The number of benzene rings is 1. The molecule has 3 aromatic rings. The molecule has 0 saturated carbocycles. The van der Waals surface area contributed by atoms with E-state index in [0.717, 1.165) is 44.1 Å². The maximum atomic E-state index is 13.8. The van der Waals surface area contributed by atoms with Crippen molar-refractivity contribution in [2.45, 2.75) is 50.2 Å². The largest absolute Gasteiger partial charge is 0.451 e. The highest BCUT2D eigenvalue weighted by molar-refractivity contribution is 6.35. The maximum absolute atomic E-state index is 13.8. The lowest BCUT2D eigenvalue weighted by molar-refractivity contribution is -0.145. The number of carbonyl (C=O) groups is 1. The van der Waals surface area contributed by atoms with Crippen LogP contribution in [-0.4, -0.2) is 64.4 Å². The Bertz CT molecular complexity index is 1350. The molecule has 5 rings (SSSR count). The predicted octanol–water partition coefficient (Wildman–Crippen LogP) is 5.89. The number of hydrogen-bond donors (Lipinski definition) is 1. The minimum atomic E-state index is -4.72. The van der Waals surface area contributed by atoms with Gasteiger partial charge in [-0.25, -0.2) is 23.7 Å². The van der Waals surface area contributed by atoms with Crippen molar-refractivity contribution in [3.05, 3.63) is 58.6 Å². The zero-order valence-electron chi connectivity index (χ0n) is 21.5. The smallest absolute Gasteiger partial charge is 0.357 e. The summed E-state index contributed by atoms with van der Waals surface area (Å²) in [5, 5.41) is 3.57. The van der Waals surface area contributed by atoms with Gasteiger partial charge in [0.15, 0.2) is 0 Å². The molecule has 4 heterocycles. The summed E-state index contributed by atoms with van der Waals surface area (Å²) >= 11 is 6.44. The van der Waals surface area contributed by atoms with E-state index in [9.17, 15) is 26.7 Å². The Morgan fingerprint density at radius 3 is 2.33 bits per heavy atom. The first-order chi connectivity index (χ1) is 19.0. The van der Waals surface area contributed by atoms with Gasteiger partial charge < -0.3 is 10.2 Å². The molecule has 7 nitrogen and oxygen atoms in total. The molecule has 2 aliphatic rings. The standard InChI is InChI=1S/C27H28ClF5N6O/c28-19-5-6-20-18(4-7-22(37-20)39-10-2-1-3-11-39)23(19)24(40)34-16-21(38-12-8-26(29,30)9-13-38)17-14-35-25(36-15-17)27(31,32)33/h4-7,14-15,21H,1-3,8-13,16H2,(H,34,40). The molecule has 2 aromatic heterocycles. The number of rotatable bonds is 6. The summed E-state index contributed by atoms with van der Waals surface area (Å²) in [4.78, 5) is 28.9. The fraction of sp³-hybridized carbons (Fsp3) is 0.481. The molecule has 40 heavy (non-hydrogen) atoms. The highest BCUT2D eigenvalue weighted by Crippen LogP contribution is 2.33. The van der Waals surface area contributed by atoms with E-state index in [-0.39, 0.29) is 35.8 Å². The highest BCUT2D eigenvalue weighted by atomic mass is 35.5. The molecule has 1 unspecified atom stereocenters. The Labute approximate surface area is 232 Å². The van der Waals surface area contributed by atoms with Crippen molar-refractivity contribution < 1.29 is 26.7 Å². The molecule has 0 aliphatic carbocycles. The number of aromatic nitrogens is 3. The van der Waals surface area contributed by atoms with Crippen LogP contribution in [0.25, 0.3) is 10.9 Å². The lowest BCUT2D eigenvalue weighted by Crippen LogP contribution is -2.45. The molecule has 1 atom stereocenters. The quantitative estimate of drug-likeness (QED) is 0.366. The van der Waals surface area contributed by atoms with Crippen LogP contribution < -0.4 is 10.2 Å². The summed E-state index contributed by atoms with van der Waals surface area (Å²) < 4.78 is 66.7. The van der Waals surface area contributed by atoms with Crippen LogP contribution in [0.15, 0.2) is 36.7 Å². The van der Waals surface area contributed by atoms with Gasteiger partial charge >= 0.3 is 6.18 Å². The maximum Gasteiger partial charge on any atom is 0.451 e. The first-order valence-corrected chi connectivity index (χ1v) is 13.5. The SMILES string of the molecule is O=C(NCC(c1cnc(C(F)(F)F)nc1)N1CCC(F)(F)CC1)c1c(Cl)ccc2nc(N3CCCCC3)ccc12. The van der Waals surface area contributed by atoms with Gasteiger partial charge in [0.1, 0.15) is 5.82 Å². The molecular weight excluding hydrogens is 555 g/mol. The van der Waals surface area contributed by atoms with Gasteiger partial charge in [-0.2, -0.15) is 13.2 Å². The number of likely N-dealkylation sites (tertiary alicyclic amines) is 1. The van der Waals surface area contributed by atoms with Crippen molar-refractivity contribution in [2.24, 2.45) is 0 Å². The molecular formula is C27H28ClF5N6O. The summed E-state index contributed by atoms with van der Waals surface area (Å²) in [6, 6.07) is 6.29. The highest BCUT2D eigenvalue weighted by Gasteiger charge is 2.38. The topological polar surface area (TPSA) is 74.2 Å². The van der Waals surface area contributed by atoms with Crippen molar-refractivity contribution in [3.8, 4) is 0 Å². The molecule has 0 spiro atoms. The number of piperidine rings is 2. The first kappa shape index (κ1) is 28.4. The van der Waals surface area contributed by atoms with Crippen LogP contribution in [0.4, 0.5) is 27.8 Å². The number of alkyl halides is 5. The average molecular weight is 583 g/mol. The summed E-state index contributed by atoms with van der Waals surface area (Å²) in [7, 11) is 0. The monoisotopic (exact) mass is 582 g/mol. The van der Waals surface area contributed by atoms with Crippen molar-refractivity contribution in [2.75, 3.05) is 37.6 Å². The van der Waals surface area contributed by atoms with Gasteiger partial charge in [0.05, 0.1) is 22.1 Å². The minimum absolute atomic E-state index is 0.00716. The number of hydrogen-bond acceptors (Lipinski definition) is 6. The van der Waals surface area contributed by atoms with Gasteiger partial charge in [-0.1, -0.05) is 11.6 Å². The van der Waals surface area contributed by atoms with Crippen LogP contribution in [0.3, 0.4) is 0 Å². The van der Waals surface area contributed by atoms with E-state index in [0.29, 0.717) is 10.9 Å². The molecule has 1 aromatic carbocycles. The van der Waals surface area contributed by atoms with E-state index in [2.05, 4.69) is 20.2 Å². The average Bonchev–Trinajstić information content (AvgIpc) is 2.93. The Hall–Kier alpha value is -3.12. The number of nitrogens with one attached hydrogen (secondary N) is 1. The fourth-order valence-corrected chi connectivity index (χ4v) is 5.50. The van der Waals surface area contributed by atoms with Crippen molar-refractivity contribution >= 4 is 34.2 Å². The van der Waals surface area contributed by atoms with Crippen LogP contribution in [0.5, 0.6) is 0 Å². The first-order valence-electron chi connectivity index (χ1n) is 13.2. The van der Waals surface area contributed by atoms with Gasteiger partial charge in [0, 0.05) is 68.9 Å². The molecule has 1 N–H and O–H groups in total. The van der Waals surface area contributed by atoms with Gasteiger partial charge in [-0.15, -0.1) is 0 Å². The van der Waals surface area contributed by atoms with E-state index < -0.39 is 42.7 Å². The molecule has 0 radical (unpaired) electrons. The van der Waals surface area contributed by atoms with Gasteiger partial charge in [0.25, 0.3) is 11.8 Å². The number of nitrogens with zero attached hydrogens (tertiary/aromatic N) is 5. The van der Waals surface area contributed by atoms with Crippen molar-refractivity contribution in [3.63, 3.8) is 0 Å². The number of pyridine rings is 1. The van der Waals surface area contributed by atoms with Crippen LogP contribution in [-0.2, 0) is 6.18 Å². The number of fused-ring (bicyclic) bond motifs is 1. The molecule has 2 aliphatic heterocycles. The zero-order chi connectivity index (χ0) is 28.5. The minimum Gasteiger partial charge on any atom is -0.357 e. The number of halogens is 6. The number of anilines is 1. The molecule has 1 amide bonds. The second kappa shape index (κ2) is 11.4. The number of carbonyl (C=O) groups excluding carboxylic acids is 1. The third-order valence-electron chi connectivity index (χ3n) is 7.45. The van der Waals surface area contributed by atoms with Gasteiger partial charge in [0.2, 0.25) is 5.82 Å². The normalized spacial score (nSPS) is 19.0. The van der Waals surface area contributed by atoms with Crippen LogP contribution in [0.2, 0.25) is 5.02 Å². The zero-order valence-corrected chi connectivity index (χ0v) is 22.3. The van der Waals surface area contributed by atoms with Gasteiger partial charge in [-0.05, 0) is 43.5 Å². The van der Waals surface area contributed by atoms with E-state index in [1.807, 2.05) is 6.07 Å². The third-order valence-corrected chi connectivity index (χ3v) is 7.76. The predicted molar refractivity (Wildman–Crippen MR) is 141 cm³/mol. The Morgan fingerprint density at radius 1 is 1.00 bits per heavy atom. The summed E-state index contributed by atoms with van der Waals surface area (Å²) in [5.41, 5.74) is 1.09. The molecule has 2 saturated heterocycles. The Kier molecular flexibility index (Phi) is 8.10. The van der Waals surface area contributed by atoms with Crippen LogP contribution >= 0.6 is 11.6 Å². The fourth-order valence-electron chi connectivity index (χ4n) is 5.25. The second-order valence-electron chi connectivity index (χ2n) is 10.2. The van der Waals surface area contributed by atoms with Gasteiger partial charge in [-0.3, -0.25) is 9.69 Å². The summed E-state index contributed by atoms with van der Waals surface area (Å²) in [6.45, 7) is 1.73. The lowest BCUT2D eigenvalue weighted by atomic mass is 10.0. The molecule has 2 fully saturated rings. The molecule has 214 valence electrons. The third kappa shape index (κ3) is 6.27. The Balaban J connectivity index is 1.38. The summed E-state index contributed by atoms with van der Waals surface area (Å²) in [6.07, 6.45) is -0.113. The number of amides is 1. The lowest BCUT2D eigenvalue weighted by Gasteiger charge is -2.37. The van der Waals surface area contributed by atoms with E-state index >= 15 is 0 Å². The molecule has 0 bridgehead atoms. The Morgan fingerprint density at radius 2 is 1.68 bits per heavy atom. The van der Waals surface area contributed by atoms with Crippen LogP contribution in [0.1, 0.15) is 59.9 Å². The molecule has 13 heteroatoms.